The van der Waals surface area contributed by atoms with Crippen molar-refractivity contribution in [3.8, 4) is 5.75 Å². The van der Waals surface area contributed by atoms with Crippen molar-refractivity contribution in [1.29, 1.82) is 0 Å². The Morgan fingerprint density at radius 1 is 1.10 bits per heavy atom. The largest absolute Gasteiger partial charge is 0.497 e. The van der Waals surface area contributed by atoms with Gasteiger partial charge < -0.3 is 10.1 Å². The number of nitrogens with one attached hydrogen (secondary N) is 1. The Kier molecular flexibility index (Phi) is 6.03. The van der Waals surface area contributed by atoms with E-state index >= 15 is 0 Å². The van der Waals surface area contributed by atoms with Crippen LogP contribution in [-0.2, 0) is 17.9 Å². The van der Waals surface area contributed by atoms with E-state index in [9.17, 15) is 9.59 Å². The van der Waals surface area contributed by atoms with E-state index in [0.29, 0.717) is 30.0 Å². The fourth-order valence-corrected chi connectivity index (χ4v) is 3.35. The van der Waals surface area contributed by atoms with Gasteiger partial charge in [-0.15, -0.1) is 0 Å². The molecule has 156 valence electrons. The molecule has 1 amide bonds. The summed E-state index contributed by atoms with van der Waals surface area (Å²) >= 11 is 0. The number of ketones is 1. The molecule has 0 fully saturated rings. The Hall–Kier alpha value is -4.00. The number of aryl methyl sites for hydroxylation is 1. The number of carbonyl (C=O) groups is 2. The molecule has 31 heavy (non-hydrogen) atoms. The fraction of sp³-hybridized carbons (Fsp3) is 0.167. The summed E-state index contributed by atoms with van der Waals surface area (Å²) in [5.74, 6) is 0.632. The predicted octanol–water partition coefficient (Wildman–Crippen LogP) is 3.24. The maximum atomic E-state index is 12.5. The van der Waals surface area contributed by atoms with Crippen molar-refractivity contribution in [3.05, 3.63) is 85.1 Å². The zero-order valence-electron chi connectivity index (χ0n) is 17.2. The van der Waals surface area contributed by atoms with E-state index in [1.165, 1.54) is 0 Å². The van der Waals surface area contributed by atoms with E-state index in [1.54, 1.807) is 42.1 Å². The summed E-state index contributed by atoms with van der Waals surface area (Å²) in [5, 5.41) is 3.92. The number of methoxy groups -OCH3 is 1. The quantitative estimate of drug-likeness (QED) is 0.354. The first kappa shape index (κ1) is 20.3. The molecule has 2 aromatic heterocycles. The Bertz CT molecular complexity index is 1210. The minimum absolute atomic E-state index is 0.00611. The number of amides is 1. The van der Waals surface area contributed by atoms with Crippen LogP contribution in [0.4, 0.5) is 5.69 Å². The SMILES string of the molecule is COc1ccc(C(=O)C[n+]2ccn(CCC(=O)Nc3cccc4cccnc34)c2)cc1. The third kappa shape index (κ3) is 4.95. The van der Waals surface area contributed by atoms with Crippen LogP contribution in [0.25, 0.3) is 10.9 Å². The van der Waals surface area contributed by atoms with Crippen LogP contribution < -0.4 is 14.6 Å². The molecule has 1 N–H and O–H groups in total. The Balaban J connectivity index is 1.32. The van der Waals surface area contributed by atoms with Crippen LogP contribution in [0, 0.1) is 0 Å². The molecule has 2 aromatic carbocycles. The number of hydrogen-bond acceptors (Lipinski definition) is 4. The van der Waals surface area contributed by atoms with Gasteiger partial charge in [-0.1, -0.05) is 18.2 Å². The summed E-state index contributed by atoms with van der Waals surface area (Å²) in [6, 6.07) is 16.6. The van der Waals surface area contributed by atoms with Crippen LogP contribution >= 0.6 is 0 Å². The molecule has 0 saturated heterocycles. The molecular weight excluding hydrogens is 392 g/mol. The number of Topliss-reactive ketones (excluding diaryl/α,β-unsaturated/α-hetero) is 1. The molecule has 0 unspecified atom stereocenters. The minimum Gasteiger partial charge on any atom is -0.497 e. The number of rotatable bonds is 8. The molecule has 0 aliphatic heterocycles. The van der Waals surface area contributed by atoms with E-state index < -0.39 is 0 Å². The van der Waals surface area contributed by atoms with Crippen molar-refractivity contribution in [1.82, 2.24) is 9.55 Å². The standard InChI is InChI=1S/C24H22N4O3/c1-31-20-9-7-18(8-10-20)22(29)16-28-15-14-27(17-28)13-11-23(30)26-21-6-2-4-19-5-3-12-25-24(19)21/h2-10,12,14-15,17H,11,13,16H2,1H3/p+1. The Morgan fingerprint density at radius 3 is 2.71 bits per heavy atom. The third-order valence-corrected chi connectivity index (χ3v) is 4.99. The third-order valence-electron chi connectivity index (χ3n) is 4.99. The molecule has 0 radical (unpaired) electrons. The summed E-state index contributed by atoms with van der Waals surface area (Å²) in [6.07, 6.45) is 7.53. The highest BCUT2D eigenvalue weighted by Gasteiger charge is 2.13. The first-order valence-corrected chi connectivity index (χ1v) is 9.98. The molecule has 0 aliphatic rings. The number of para-hydroxylation sites is 1. The average molecular weight is 415 g/mol. The lowest BCUT2D eigenvalue weighted by Crippen LogP contribution is -2.35. The van der Waals surface area contributed by atoms with E-state index in [2.05, 4.69) is 10.3 Å². The van der Waals surface area contributed by atoms with Gasteiger partial charge in [0.25, 0.3) is 0 Å². The van der Waals surface area contributed by atoms with Gasteiger partial charge in [0.05, 0.1) is 31.3 Å². The molecule has 0 aliphatic carbocycles. The lowest BCUT2D eigenvalue weighted by Gasteiger charge is -2.07. The van der Waals surface area contributed by atoms with Gasteiger partial charge in [-0.3, -0.25) is 14.6 Å². The van der Waals surface area contributed by atoms with Crippen molar-refractivity contribution >= 4 is 28.3 Å². The number of carbonyl (C=O) groups excluding carboxylic acids is 2. The molecule has 0 bridgehead atoms. The number of pyridine rings is 1. The van der Waals surface area contributed by atoms with Gasteiger partial charge in [0, 0.05) is 17.1 Å². The van der Waals surface area contributed by atoms with Crippen LogP contribution in [0.2, 0.25) is 0 Å². The molecule has 0 saturated carbocycles. The topological polar surface area (TPSA) is 77.1 Å². The molecule has 2 heterocycles. The number of fused-ring (bicyclic) bond motifs is 1. The van der Waals surface area contributed by atoms with Crippen molar-refractivity contribution in [3.63, 3.8) is 0 Å². The number of imidazole rings is 1. The maximum Gasteiger partial charge on any atom is 0.244 e. The van der Waals surface area contributed by atoms with Gasteiger partial charge in [0.15, 0.2) is 6.54 Å². The summed E-state index contributed by atoms with van der Waals surface area (Å²) in [5.41, 5.74) is 2.11. The zero-order valence-corrected chi connectivity index (χ0v) is 17.2. The number of anilines is 1. The Morgan fingerprint density at radius 2 is 1.90 bits per heavy atom. The average Bonchev–Trinajstić information content (AvgIpc) is 3.25. The van der Waals surface area contributed by atoms with Crippen LogP contribution in [0.15, 0.2) is 79.5 Å². The summed E-state index contributed by atoms with van der Waals surface area (Å²) in [7, 11) is 1.59. The minimum atomic E-state index is -0.0901. The van der Waals surface area contributed by atoms with Crippen molar-refractivity contribution in [2.45, 2.75) is 19.5 Å². The number of benzene rings is 2. The predicted molar refractivity (Wildman–Crippen MR) is 117 cm³/mol. The highest BCUT2D eigenvalue weighted by atomic mass is 16.5. The second-order valence-electron chi connectivity index (χ2n) is 7.15. The number of aromatic nitrogens is 3. The lowest BCUT2D eigenvalue weighted by atomic mass is 10.1. The molecule has 7 heteroatoms. The first-order chi connectivity index (χ1) is 15.1. The lowest BCUT2D eigenvalue weighted by molar-refractivity contribution is -0.682. The number of hydrogen-bond donors (Lipinski definition) is 1. The molecule has 0 spiro atoms. The molecule has 4 aromatic rings. The maximum absolute atomic E-state index is 12.5. The summed E-state index contributed by atoms with van der Waals surface area (Å²) < 4.78 is 8.82. The highest BCUT2D eigenvalue weighted by Crippen LogP contribution is 2.20. The van der Waals surface area contributed by atoms with Crippen LogP contribution in [-0.4, -0.2) is 28.4 Å². The van der Waals surface area contributed by atoms with Crippen molar-refractivity contribution in [2.75, 3.05) is 12.4 Å². The summed E-state index contributed by atoms with van der Waals surface area (Å²) in [6.45, 7) is 0.737. The summed E-state index contributed by atoms with van der Waals surface area (Å²) in [4.78, 5) is 29.2. The molecule has 7 nitrogen and oxygen atoms in total. The fourth-order valence-electron chi connectivity index (χ4n) is 3.35. The van der Waals surface area contributed by atoms with Gasteiger partial charge in [-0.25, -0.2) is 9.13 Å². The molecule has 4 rings (SSSR count). The zero-order chi connectivity index (χ0) is 21.6. The molecule has 0 atom stereocenters. The van der Waals surface area contributed by atoms with Gasteiger partial charge in [-0.05, 0) is 36.4 Å². The highest BCUT2D eigenvalue weighted by molar-refractivity contribution is 6.00. The number of nitrogens with zero attached hydrogens (tertiary/aromatic N) is 3. The van der Waals surface area contributed by atoms with Gasteiger partial charge >= 0.3 is 0 Å². The second-order valence-corrected chi connectivity index (χ2v) is 7.15. The van der Waals surface area contributed by atoms with Crippen LogP contribution in [0.3, 0.4) is 0 Å². The number of ether oxygens (including phenoxy) is 1. The van der Waals surface area contributed by atoms with Crippen LogP contribution in [0.1, 0.15) is 16.8 Å². The van der Waals surface area contributed by atoms with Gasteiger partial charge in [-0.2, -0.15) is 0 Å². The Labute approximate surface area is 179 Å². The van der Waals surface area contributed by atoms with Crippen molar-refractivity contribution in [2.24, 2.45) is 0 Å². The molecular formula is C24H23N4O3+. The van der Waals surface area contributed by atoms with E-state index in [0.717, 1.165) is 10.9 Å². The van der Waals surface area contributed by atoms with Crippen LogP contribution in [0.5, 0.6) is 5.75 Å². The van der Waals surface area contributed by atoms with E-state index in [-0.39, 0.29) is 18.2 Å². The first-order valence-electron chi connectivity index (χ1n) is 9.98. The van der Waals surface area contributed by atoms with E-state index in [1.807, 2.05) is 53.6 Å². The monoisotopic (exact) mass is 415 g/mol. The van der Waals surface area contributed by atoms with Gasteiger partial charge in [0.2, 0.25) is 18.0 Å². The smallest absolute Gasteiger partial charge is 0.244 e. The van der Waals surface area contributed by atoms with Gasteiger partial charge in [0.1, 0.15) is 18.1 Å². The van der Waals surface area contributed by atoms with E-state index in [4.69, 9.17) is 4.74 Å². The normalized spacial score (nSPS) is 10.7. The van der Waals surface area contributed by atoms with Crippen molar-refractivity contribution < 1.29 is 18.9 Å². The second kappa shape index (κ2) is 9.21.